The third-order valence-electron chi connectivity index (χ3n) is 1.38. The fourth-order valence-corrected chi connectivity index (χ4v) is 0.898. The summed E-state index contributed by atoms with van der Waals surface area (Å²) in [5, 5.41) is 13.6. The Balaban J connectivity index is 0.000000423. The molecule has 0 amide bonds. The Labute approximate surface area is 87.1 Å². The number of H-pyrrole nitrogens is 1. The highest BCUT2D eigenvalue weighted by molar-refractivity contribution is 5.06. The molecule has 0 aliphatic carbocycles. The van der Waals surface area contributed by atoms with Crippen molar-refractivity contribution < 1.29 is 10.3 Å². The van der Waals surface area contributed by atoms with E-state index < -0.39 is 5.09 Å². The number of rotatable bonds is 4. The molecule has 1 heterocycles. The molecule has 1 aromatic rings. The molecule has 0 aliphatic rings. The lowest BCUT2D eigenvalue weighted by Crippen LogP contribution is -1.84. The summed E-state index contributed by atoms with van der Waals surface area (Å²) >= 11 is 0. The largest absolute Gasteiger partial charge is 0.348 e. The first-order valence-electron chi connectivity index (χ1n) is 4.18. The van der Waals surface area contributed by atoms with Crippen molar-refractivity contribution in [2.75, 3.05) is 0 Å². The third kappa shape index (κ3) is 7.00. The van der Waals surface area contributed by atoms with Crippen LogP contribution < -0.4 is 0 Å². The number of imidazole rings is 1. The second kappa shape index (κ2) is 7.31. The van der Waals surface area contributed by atoms with E-state index in [4.69, 9.17) is 15.3 Å². The van der Waals surface area contributed by atoms with Gasteiger partial charge in [-0.05, 0) is 0 Å². The molecule has 0 aromatic carbocycles. The van der Waals surface area contributed by atoms with Crippen molar-refractivity contribution in [2.45, 2.75) is 12.8 Å². The SMILES string of the molecule is C=CCc1c[nH]c(CC=C)n1.O=[N+]([O-])O. The number of allylic oxidation sites excluding steroid dienone is 2. The summed E-state index contributed by atoms with van der Waals surface area (Å²) in [5.41, 5.74) is 1.04. The van der Waals surface area contributed by atoms with Crippen molar-refractivity contribution in [3.05, 3.63) is 53.1 Å². The van der Waals surface area contributed by atoms with Crippen LogP contribution in [0.25, 0.3) is 0 Å². The Morgan fingerprint density at radius 1 is 1.53 bits per heavy atom. The van der Waals surface area contributed by atoms with E-state index in [0.29, 0.717) is 0 Å². The number of nitrogens with one attached hydrogen (secondary N) is 1. The van der Waals surface area contributed by atoms with E-state index >= 15 is 0 Å². The minimum absolute atomic E-state index is 0.803. The van der Waals surface area contributed by atoms with Crippen molar-refractivity contribution in [1.29, 1.82) is 0 Å². The zero-order chi connectivity index (χ0) is 11.7. The van der Waals surface area contributed by atoms with Crippen LogP contribution in [0.4, 0.5) is 0 Å². The maximum Gasteiger partial charge on any atom is 0.291 e. The fraction of sp³-hybridized carbons (Fsp3) is 0.222. The quantitative estimate of drug-likeness (QED) is 0.448. The maximum absolute atomic E-state index is 8.36. The molecule has 0 bridgehead atoms. The van der Waals surface area contributed by atoms with Gasteiger partial charge in [-0.1, -0.05) is 12.2 Å². The van der Waals surface area contributed by atoms with Gasteiger partial charge in [-0.25, -0.2) is 4.98 Å². The summed E-state index contributed by atoms with van der Waals surface area (Å²) in [5.74, 6) is 0.969. The molecule has 0 atom stereocenters. The number of aromatic amines is 1. The second-order valence-electron chi connectivity index (χ2n) is 2.56. The number of aromatic nitrogens is 2. The third-order valence-corrected chi connectivity index (χ3v) is 1.38. The lowest BCUT2D eigenvalue weighted by molar-refractivity contribution is -0.742. The van der Waals surface area contributed by atoms with Crippen LogP contribution in [0.15, 0.2) is 31.5 Å². The predicted octanol–water partition coefficient (Wildman–Crippen LogP) is 1.52. The first-order valence-corrected chi connectivity index (χ1v) is 4.18. The van der Waals surface area contributed by atoms with Gasteiger partial charge in [0.05, 0.1) is 5.69 Å². The average molecular weight is 211 g/mol. The molecule has 0 aliphatic heterocycles. The molecule has 0 unspecified atom stereocenters. The van der Waals surface area contributed by atoms with Gasteiger partial charge in [-0.15, -0.1) is 23.3 Å². The maximum atomic E-state index is 8.36. The van der Waals surface area contributed by atoms with E-state index in [1.165, 1.54) is 0 Å². The first-order chi connectivity index (χ1) is 7.10. The second-order valence-corrected chi connectivity index (χ2v) is 2.56. The molecule has 0 saturated heterocycles. The highest BCUT2D eigenvalue weighted by Crippen LogP contribution is 1.99. The molecule has 0 spiro atoms. The van der Waals surface area contributed by atoms with Gasteiger partial charge < -0.3 is 10.2 Å². The van der Waals surface area contributed by atoms with Crippen LogP contribution in [0.2, 0.25) is 0 Å². The van der Waals surface area contributed by atoms with Crippen molar-refractivity contribution in [1.82, 2.24) is 9.97 Å². The van der Waals surface area contributed by atoms with Crippen molar-refractivity contribution >= 4 is 0 Å². The van der Waals surface area contributed by atoms with Crippen molar-refractivity contribution in [3.8, 4) is 0 Å². The summed E-state index contributed by atoms with van der Waals surface area (Å²) in [7, 11) is 0. The van der Waals surface area contributed by atoms with E-state index in [-0.39, 0.29) is 0 Å². The number of hydrogen-bond donors (Lipinski definition) is 2. The molecule has 82 valence electrons. The molecule has 1 aromatic heterocycles. The van der Waals surface area contributed by atoms with Gasteiger partial charge in [0.15, 0.2) is 0 Å². The zero-order valence-electron chi connectivity index (χ0n) is 8.22. The Kier molecular flexibility index (Phi) is 6.28. The summed E-state index contributed by atoms with van der Waals surface area (Å²) in [6, 6.07) is 0. The lowest BCUT2D eigenvalue weighted by Gasteiger charge is -1.85. The molecule has 15 heavy (non-hydrogen) atoms. The van der Waals surface area contributed by atoms with Gasteiger partial charge in [0, 0.05) is 19.0 Å². The smallest absolute Gasteiger partial charge is 0.291 e. The van der Waals surface area contributed by atoms with Crippen LogP contribution in [-0.2, 0) is 12.8 Å². The molecule has 0 radical (unpaired) electrons. The zero-order valence-corrected chi connectivity index (χ0v) is 8.22. The topological polar surface area (TPSA) is 92.0 Å². The Hall–Kier alpha value is -2.11. The average Bonchev–Trinajstić information content (AvgIpc) is 2.53. The van der Waals surface area contributed by atoms with Gasteiger partial charge >= 0.3 is 0 Å². The predicted molar refractivity (Wildman–Crippen MR) is 55.2 cm³/mol. The lowest BCUT2D eigenvalue weighted by atomic mass is 10.3. The van der Waals surface area contributed by atoms with Gasteiger partial charge in [-0.2, -0.15) is 0 Å². The van der Waals surface area contributed by atoms with Crippen LogP contribution in [0, 0.1) is 10.1 Å². The highest BCUT2D eigenvalue weighted by Gasteiger charge is 1.95. The molecule has 0 saturated carbocycles. The first kappa shape index (κ1) is 12.9. The van der Waals surface area contributed by atoms with Crippen molar-refractivity contribution in [2.24, 2.45) is 0 Å². The Morgan fingerprint density at radius 3 is 2.53 bits per heavy atom. The van der Waals surface area contributed by atoms with Gasteiger partial charge in [0.1, 0.15) is 5.82 Å². The van der Waals surface area contributed by atoms with E-state index in [1.807, 2.05) is 18.3 Å². The normalized spacial score (nSPS) is 8.53. The van der Waals surface area contributed by atoms with Crippen LogP contribution in [0.1, 0.15) is 11.5 Å². The minimum Gasteiger partial charge on any atom is -0.348 e. The molecule has 6 nitrogen and oxygen atoms in total. The number of nitrogens with zero attached hydrogens (tertiary/aromatic N) is 2. The fourth-order valence-electron chi connectivity index (χ4n) is 0.898. The van der Waals surface area contributed by atoms with Crippen LogP contribution >= 0.6 is 0 Å². The standard InChI is InChI=1S/C9H12N2.HNO3/c1-3-5-8-7-10-9(11-8)6-4-2;2-1(3)4/h3-4,7H,1-2,5-6H2,(H,10,11);(H,2,3,4). The Bertz CT molecular complexity index is 305. The van der Waals surface area contributed by atoms with Gasteiger partial charge in [0.2, 0.25) is 0 Å². The molecular formula is C9H13N3O3. The highest BCUT2D eigenvalue weighted by atomic mass is 16.9. The van der Waals surface area contributed by atoms with Crippen LogP contribution in [0.5, 0.6) is 0 Å². The van der Waals surface area contributed by atoms with Crippen LogP contribution in [0.3, 0.4) is 0 Å². The minimum atomic E-state index is -1.50. The van der Waals surface area contributed by atoms with E-state index in [9.17, 15) is 0 Å². The Morgan fingerprint density at radius 2 is 2.07 bits per heavy atom. The number of hydrogen-bond acceptors (Lipinski definition) is 3. The summed E-state index contributed by atoms with van der Waals surface area (Å²) in [6.45, 7) is 7.27. The molecule has 1 rings (SSSR count). The summed E-state index contributed by atoms with van der Waals surface area (Å²) < 4.78 is 0. The molecule has 2 N–H and O–H groups in total. The molecule has 0 fully saturated rings. The monoisotopic (exact) mass is 211 g/mol. The van der Waals surface area contributed by atoms with Crippen molar-refractivity contribution in [3.63, 3.8) is 0 Å². The summed E-state index contributed by atoms with van der Waals surface area (Å²) in [4.78, 5) is 15.7. The molecule has 6 heteroatoms. The summed E-state index contributed by atoms with van der Waals surface area (Å²) in [6.07, 6.45) is 7.20. The van der Waals surface area contributed by atoms with Gasteiger partial charge in [-0.3, -0.25) is 0 Å². The van der Waals surface area contributed by atoms with E-state index in [2.05, 4.69) is 23.1 Å². The molecular weight excluding hydrogens is 198 g/mol. The van der Waals surface area contributed by atoms with Gasteiger partial charge in [0.25, 0.3) is 5.09 Å². The van der Waals surface area contributed by atoms with E-state index in [1.54, 1.807) is 0 Å². The van der Waals surface area contributed by atoms with E-state index in [0.717, 1.165) is 24.4 Å². The van der Waals surface area contributed by atoms with Crippen LogP contribution in [-0.4, -0.2) is 20.3 Å².